The summed E-state index contributed by atoms with van der Waals surface area (Å²) in [7, 11) is 6.24. The minimum absolute atomic E-state index is 0.974. The third-order valence-electron chi connectivity index (χ3n) is 2.91. The normalized spacial score (nSPS) is 11.2. The molecule has 1 heterocycles. The highest BCUT2D eigenvalue weighted by Gasteiger charge is 2.04. The molecule has 0 radical (unpaired) electrons. The van der Waals surface area contributed by atoms with Crippen molar-refractivity contribution in [1.29, 1.82) is 0 Å². The molecule has 18 heavy (non-hydrogen) atoms. The average Bonchev–Trinajstić information content (AvgIpc) is 2.35. The Hall–Kier alpha value is -1.13. The van der Waals surface area contributed by atoms with Crippen molar-refractivity contribution >= 4 is 32.7 Å². The van der Waals surface area contributed by atoms with Gasteiger partial charge >= 0.3 is 0 Å². The number of nitrogens with zero attached hydrogens (tertiary/aromatic N) is 3. The maximum atomic E-state index is 4.68. The molecule has 0 unspecified atom stereocenters. The first kappa shape index (κ1) is 13.3. The van der Waals surface area contributed by atoms with E-state index >= 15 is 0 Å². The van der Waals surface area contributed by atoms with Crippen molar-refractivity contribution in [2.24, 2.45) is 0 Å². The molecule has 0 saturated heterocycles. The molecular formula is C14H18BrN3. The smallest absolute Gasteiger partial charge is 0.129 e. The van der Waals surface area contributed by atoms with Crippen molar-refractivity contribution in [2.75, 3.05) is 39.1 Å². The molecule has 0 aliphatic rings. The van der Waals surface area contributed by atoms with E-state index in [2.05, 4.69) is 70.1 Å². The molecule has 3 nitrogen and oxygen atoms in total. The monoisotopic (exact) mass is 307 g/mol. The standard InChI is InChI=1S/C14H18BrN3/c1-17(2)8-9-18(3)14-7-4-11-10-12(15)5-6-13(11)16-14/h4-7,10H,8-9H2,1-3H3. The van der Waals surface area contributed by atoms with Crippen LogP contribution in [0, 0.1) is 0 Å². The van der Waals surface area contributed by atoms with E-state index in [9.17, 15) is 0 Å². The van der Waals surface area contributed by atoms with E-state index in [1.165, 1.54) is 0 Å². The second-order valence-electron chi connectivity index (χ2n) is 4.73. The maximum Gasteiger partial charge on any atom is 0.129 e. The van der Waals surface area contributed by atoms with Gasteiger partial charge in [-0.25, -0.2) is 4.98 Å². The Morgan fingerprint density at radius 1 is 1.06 bits per heavy atom. The van der Waals surface area contributed by atoms with Gasteiger partial charge in [-0.1, -0.05) is 15.9 Å². The molecule has 0 saturated carbocycles. The van der Waals surface area contributed by atoms with Crippen LogP contribution in [-0.4, -0.2) is 44.1 Å². The van der Waals surface area contributed by atoms with Crippen LogP contribution in [0.2, 0.25) is 0 Å². The van der Waals surface area contributed by atoms with Gasteiger partial charge in [0.15, 0.2) is 0 Å². The van der Waals surface area contributed by atoms with Gasteiger partial charge in [0.2, 0.25) is 0 Å². The molecule has 0 fully saturated rings. The summed E-state index contributed by atoms with van der Waals surface area (Å²) in [5.74, 6) is 1.02. The number of benzene rings is 1. The summed E-state index contributed by atoms with van der Waals surface area (Å²) in [5.41, 5.74) is 1.03. The molecule has 1 aromatic heterocycles. The van der Waals surface area contributed by atoms with Gasteiger partial charge in [-0.05, 0) is 44.4 Å². The highest BCUT2D eigenvalue weighted by atomic mass is 79.9. The third kappa shape index (κ3) is 3.21. The van der Waals surface area contributed by atoms with Crippen molar-refractivity contribution in [3.63, 3.8) is 0 Å². The van der Waals surface area contributed by atoms with Crippen LogP contribution in [-0.2, 0) is 0 Å². The van der Waals surface area contributed by atoms with E-state index in [1.807, 2.05) is 12.1 Å². The molecule has 0 spiro atoms. The lowest BCUT2D eigenvalue weighted by Crippen LogP contribution is -2.28. The van der Waals surface area contributed by atoms with E-state index < -0.39 is 0 Å². The number of pyridine rings is 1. The number of hydrogen-bond donors (Lipinski definition) is 0. The molecule has 0 atom stereocenters. The van der Waals surface area contributed by atoms with E-state index in [-0.39, 0.29) is 0 Å². The lowest BCUT2D eigenvalue weighted by Gasteiger charge is -2.20. The van der Waals surface area contributed by atoms with Crippen LogP contribution < -0.4 is 4.90 Å². The largest absolute Gasteiger partial charge is 0.358 e. The van der Waals surface area contributed by atoms with Gasteiger partial charge in [0.1, 0.15) is 5.82 Å². The van der Waals surface area contributed by atoms with Crippen molar-refractivity contribution in [1.82, 2.24) is 9.88 Å². The van der Waals surface area contributed by atoms with Gasteiger partial charge < -0.3 is 9.80 Å². The highest BCUT2D eigenvalue weighted by Crippen LogP contribution is 2.21. The zero-order valence-corrected chi connectivity index (χ0v) is 12.6. The van der Waals surface area contributed by atoms with Crippen LogP contribution in [0.4, 0.5) is 5.82 Å². The van der Waals surface area contributed by atoms with Crippen molar-refractivity contribution in [3.8, 4) is 0 Å². The number of likely N-dealkylation sites (N-methyl/N-ethyl adjacent to an activating group) is 2. The molecule has 4 heteroatoms. The predicted molar refractivity (Wildman–Crippen MR) is 81.3 cm³/mol. The third-order valence-corrected chi connectivity index (χ3v) is 3.40. The fourth-order valence-corrected chi connectivity index (χ4v) is 2.14. The van der Waals surface area contributed by atoms with Crippen molar-refractivity contribution in [3.05, 3.63) is 34.8 Å². The van der Waals surface area contributed by atoms with Gasteiger partial charge in [-0.15, -0.1) is 0 Å². The topological polar surface area (TPSA) is 19.4 Å². The van der Waals surface area contributed by atoms with E-state index in [0.717, 1.165) is 34.3 Å². The summed E-state index contributed by atoms with van der Waals surface area (Å²) in [6, 6.07) is 10.4. The lowest BCUT2D eigenvalue weighted by molar-refractivity contribution is 0.416. The summed E-state index contributed by atoms with van der Waals surface area (Å²) in [4.78, 5) is 9.04. The van der Waals surface area contributed by atoms with Crippen molar-refractivity contribution < 1.29 is 0 Å². The van der Waals surface area contributed by atoms with Crippen LogP contribution >= 0.6 is 15.9 Å². The first-order valence-corrected chi connectivity index (χ1v) is 6.78. The Kier molecular flexibility index (Phi) is 4.19. The second-order valence-corrected chi connectivity index (χ2v) is 5.65. The molecular weight excluding hydrogens is 290 g/mol. The van der Waals surface area contributed by atoms with Gasteiger partial charge in [0, 0.05) is 30.0 Å². The Morgan fingerprint density at radius 3 is 2.56 bits per heavy atom. The summed E-state index contributed by atoms with van der Waals surface area (Å²) in [6.45, 7) is 2.00. The van der Waals surface area contributed by atoms with Crippen molar-refractivity contribution in [2.45, 2.75) is 0 Å². The van der Waals surface area contributed by atoms with E-state index in [1.54, 1.807) is 0 Å². The summed E-state index contributed by atoms with van der Waals surface area (Å²) < 4.78 is 1.09. The van der Waals surface area contributed by atoms with Crippen LogP contribution in [0.3, 0.4) is 0 Å². The molecule has 2 aromatic rings. The van der Waals surface area contributed by atoms with E-state index in [0.29, 0.717) is 0 Å². The SMILES string of the molecule is CN(C)CCN(C)c1ccc2cc(Br)ccc2n1. The first-order chi connectivity index (χ1) is 8.56. The van der Waals surface area contributed by atoms with E-state index in [4.69, 9.17) is 0 Å². The molecule has 2 rings (SSSR count). The molecule has 1 aromatic carbocycles. The Bertz CT molecular complexity index is 540. The fraction of sp³-hybridized carbons (Fsp3) is 0.357. The first-order valence-electron chi connectivity index (χ1n) is 5.98. The number of halogens is 1. The number of fused-ring (bicyclic) bond motifs is 1. The highest BCUT2D eigenvalue weighted by molar-refractivity contribution is 9.10. The fourth-order valence-electron chi connectivity index (χ4n) is 1.76. The minimum atomic E-state index is 0.974. The minimum Gasteiger partial charge on any atom is -0.358 e. The molecule has 0 aliphatic heterocycles. The zero-order chi connectivity index (χ0) is 13.1. The molecule has 0 amide bonds. The summed E-state index contributed by atoms with van der Waals surface area (Å²) >= 11 is 3.48. The quantitative estimate of drug-likeness (QED) is 0.865. The zero-order valence-electron chi connectivity index (χ0n) is 11.0. The summed E-state index contributed by atoms with van der Waals surface area (Å²) in [6.07, 6.45) is 0. The van der Waals surface area contributed by atoms with Gasteiger partial charge in [0.05, 0.1) is 5.52 Å². The maximum absolute atomic E-state index is 4.68. The Balaban J connectivity index is 2.21. The molecule has 0 N–H and O–H groups in total. The second kappa shape index (κ2) is 5.67. The Labute approximate surface area is 117 Å². The molecule has 0 aliphatic carbocycles. The van der Waals surface area contributed by atoms with Crippen LogP contribution in [0.5, 0.6) is 0 Å². The number of aromatic nitrogens is 1. The molecule has 96 valence electrons. The number of rotatable bonds is 4. The number of hydrogen-bond acceptors (Lipinski definition) is 3. The number of anilines is 1. The van der Waals surface area contributed by atoms with Crippen LogP contribution in [0.1, 0.15) is 0 Å². The van der Waals surface area contributed by atoms with Crippen LogP contribution in [0.15, 0.2) is 34.8 Å². The van der Waals surface area contributed by atoms with Gasteiger partial charge in [-0.3, -0.25) is 0 Å². The average molecular weight is 308 g/mol. The lowest BCUT2D eigenvalue weighted by atomic mass is 10.2. The predicted octanol–water partition coefficient (Wildman–Crippen LogP) is 3.00. The molecule has 0 bridgehead atoms. The van der Waals surface area contributed by atoms with Gasteiger partial charge in [0.25, 0.3) is 0 Å². The Morgan fingerprint density at radius 2 is 1.83 bits per heavy atom. The summed E-state index contributed by atoms with van der Waals surface area (Å²) in [5, 5.41) is 1.16. The van der Waals surface area contributed by atoms with Gasteiger partial charge in [-0.2, -0.15) is 0 Å². The van der Waals surface area contributed by atoms with Crippen LogP contribution in [0.25, 0.3) is 10.9 Å².